The van der Waals surface area contributed by atoms with Crippen LogP contribution < -0.4 is 15.2 Å². The van der Waals surface area contributed by atoms with Gasteiger partial charge in [0.25, 0.3) is 21.9 Å². The molecular weight excluding hydrogens is 699 g/mol. The number of imide groups is 1. The molecule has 0 spiro atoms. The molecule has 7 rings (SSSR count). The van der Waals surface area contributed by atoms with Gasteiger partial charge in [-0.3, -0.25) is 14.1 Å². The summed E-state index contributed by atoms with van der Waals surface area (Å²) < 4.78 is 82.7. The maximum Gasteiger partial charge on any atom is 0.363 e. The van der Waals surface area contributed by atoms with Crippen LogP contribution in [-0.2, 0) is 51.9 Å². The molecule has 1 saturated heterocycles. The zero-order valence-corrected chi connectivity index (χ0v) is 29.7. The number of hydrogen-bond donors (Lipinski definition) is 1. The molecule has 2 aliphatic carbocycles. The molecule has 0 bridgehead atoms. The van der Waals surface area contributed by atoms with Crippen LogP contribution in [0.5, 0.6) is 11.5 Å². The Balaban J connectivity index is 0.00000448. The van der Waals surface area contributed by atoms with Crippen LogP contribution in [0.3, 0.4) is 0 Å². The van der Waals surface area contributed by atoms with Crippen molar-refractivity contribution in [2.75, 3.05) is 0 Å². The van der Waals surface area contributed by atoms with Gasteiger partial charge in [-0.1, -0.05) is 67.2 Å². The van der Waals surface area contributed by atoms with E-state index in [9.17, 15) is 40.3 Å². The minimum Gasteiger partial charge on any atom is -0.744 e. The van der Waals surface area contributed by atoms with Crippen LogP contribution >= 0.6 is 0 Å². The number of nitrogens with zero attached hydrogens (tertiary/aromatic N) is 1. The first-order valence-electron chi connectivity index (χ1n) is 16.1. The third-order valence-corrected chi connectivity index (χ3v) is 13.0. The van der Waals surface area contributed by atoms with Crippen molar-refractivity contribution in [3.63, 3.8) is 0 Å². The van der Waals surface area contributed by atoms with E-state index in [1.54, 1.807) is 18.2 Å². The van der Waals surface area contributed by atoms with Gasteiger partial charge >= 0.3 is 5.97 Å². The van der Waals surface area contributed by atoms with Gasteiger partial charge in [-0.15, -0.1) is 5.06 Å². The van der Waals surface area contributed by atoms with Crippen LogP contribution in [0.4, 0.5) is 0 Å². The summed E-state index contributed by atoms with van der Waals surface area (Å²) in [5.41, 5.74) is 1.32. The Labute approximate surface area is 296 Å². The van der Waals surface area contributed by atoms with Gasteiger partial charge in [0.15, 0.2) is 11.5 Å². The van der Waals surface area contributed by atoms with Gasteiger partial charge in [0, 0.05) is 29.2 Å². The van der Waals surface area contributed by atoms with Gasteiger partial charge in [-0.05, 0) is 80.8 Å². The van der Waals surface area contributed by atoms with E-state index in [2.05, 4.69) is 0 Å². The monoisotopic (exact) mass is 736 g/mol. The summed E-state index contributed by atoms with van der Waals surface area (Å²) in [5, 5.41) is 0.809. The highest BCUT2D eigenvalue weighted by Gasteiger charge is 2.45. The van der Waals surface area contributed by atoms with Crippen LogP contribution in [0.25, 0.3) is 11.6 Å². The van der Waals surface area contributed by atoms with Crippen molar-refractivity contribution in [1.29, 1.82) is 0 Å². The second kappa shape index (κ2) is 11.6. The maximum atomic E-state index is 13.2. The molecule has 2 aliphatic heterocycles. The van der Waals surface area contributed by atoms with E-state index in [1.165, 1.54) is 24.3 Å². The van der Waals surface area contributed by atoms with Crippen LogP contribution in [-0.4, -0.2) is 48.8 Å². The average Bonchev–Trinajstić information content (AvgIpc) is 3.53. The number of hydrogen-bond acceptors (Lipinski definition) is 10. The molecule has 0 saturated carbocycles. The summed E-state index contributed by atoms with van der Waals surface area (Å²) in [6.45, 7) is 11.6. The van der Waals surface area contributed by atoms with Crippen molar-refractivity contribution in [3.8, 4) is 11.5 Å². The molecule has 1 N–H and O–H groups in total. The normalized spacial score (nSPS) is 21.2. The topological polar surface area (TPSA) is 184 Å². The second-order valence-electron chi connectivity index (χ2n) is 14.6. The van der Waals surface area contributed by atoms with Gasteiger partial charge in [-0.25, -0.2) is 13.2 Å². The lowest BCUT2D eigenvalue weighted by atomic mass is 9.77. The van der Waals surface area contributed by atoms with Gasteiger partial charge in [-0.2, -0.15) is 8.42 Å². The number of rotatable bonds is 5. The minimum absolute atomic E-state index is 0. The molecule has 4 aliphatic rings. The zero-order chi connectivity index (χ0) is 36.5. The lowest BCUT2D eigenvalue weighted by Crippen LogP contribution is -2.32. The van der Waals surface area contributed by atoms with Crippen molar-refractivity contribution in [3.05, 3.63) is 80.2 Å². The molecular formula is C37H38NO11S2-. The summed E-state index contributed by atoms with van der Waals surface area (Å²) in [5.74, 6) is -3.18. The first-order valence-corrected chi connectivity index (χ1v) is 18.9. The average molecular weight is 737 g/mol. The molecule has 0 aromatic heterocycles. The lowest BCUT2D eigenvalue weighted by Gasteiger charge is -2.31. The summed E-state index contributed by atoms with van der Waals surface area (Å²) in [6, 6.07) is 9.33. The largest absolute Gasteiger partial charge is 0.744 e. The summed E-state index contributed by atoms with van der Waals surface area (Å²) in [6.07, 6.45) is 1.82. The summed E-state index contributed by atoms with van der Waals surface area (Å²) in [4.78, 5) is 40.9. The Hall–Kier alpha value is -4.37. The van der Waals surface area contributed by atoms with E-state index in [1.807, 2.05) is 41.5 Å². The van der Waals surface area contributed by atoms with E-state index in [0.29, 0.717) is 32.9 Å². The number of ether oxygens (including phenoxy) is 1. The summed E-state index contributed by atoms with van der Waals surface area (Å²) >= 11 is 0. The van der Waals surface area contributed by atoms with E-state index < -0.39 is 58.6 Å². The highest BCUT2D eigenvalue weighted by molar-refractivity contribution is 7.86. The highest BCUT2D eigenvalue weighted by atomic mass is 32.2. The first kappa shape index (κ1) is 36.4. The van der Waals surface area contributed by atoms with E-state index in [0.717, 1.165) is 0 Å². The third-order valence-electron chi connectivity index (χ3n) is 11.1. The quantitative estimate of drug-likeness (QED) is 0.229. The zero-order valence-electron chi connectivity index (χ0n) is 28.1. The molecule has 3 aromatic rings. The Bertz CT molecular complexity index is 2430. The van der Waals surface area contributed by atoms with Crippen LogP contribution in [0.1, 0.15) is 100.0 Å². The predicted octanol–water partition coefficient (Wildman–Crippen LogP) is 4.22. The fourth-order valence-electron chi connectivity index (χ4n) is 7.56. The van der Waals surface area contributed by atoms with Gasteiger partial charge in [0.05, 0.1) is 5.56 Å². The van der Waals surface area contributed by atoms with Crippen molar-refractivity contribution >= 4 is 49.7 Å². The van der Waals surface area contributed by atoms with Gasteiger partial charge in [0.2, 0.25) is 0 Å². The number of carbonyl (C=O) groups is 3. The van der Waals surface area contributed by atoms with Crippen molar-refractivity contribution in [2.45, 2.75) is 88.9 Å². The van der Waals surface area contributed by atoms with Crippen molar-refractivity contribution in [1.82, 2.24) is 5.06 Å². The van der Waals surface area contributed by atoms with Crippen LogP contribution in [0.2, 0.25) is 0 Å². The summed E-state index contributed by atoms with van der Waals surface area (Å²) in [7, 11) is -10.2. The minimum atomic E-state index is -5.23. The third kappa shape index (κ3) is 5.42. The number of fused-ring (bicyclic) bond motifs is 4. The molecule has 51 heavy (non-hydrogen) atoms. The number of benzene rings is 3. The molecule has 2 heterocycles. The molecule has 14 heteroatoms. The molecule has 3 aromatic carbocycles. The molecule has 0 radical (unpaired) electrons. The lowest BCUT2D eigenvalue weighted by molar-refractivity contribution is -0.172. The predicted molar refractivity (Wildman–Crippen MR) is 184 cm³/mol. The Morgan fingerprint density at radius 2 is 1.53 bits per heavy atom. The highest BCUT2D eigenvalue weighted by Crippen LogP contribution is 2.52. The van der Waals surface area contributed by atoms with Crippen LogP contribution in [0, 0.1) is 11.8 Å². The van der Waals surface area contributed by atoms with Crippen molar-refractivity contribution < 1.29 is 49.9 Å². The number of hydroxylamine groups is 2. The smallest absolute Gasteiger partial charge is 0.363 e. The molecule has 2 atom stereocenters. The second-order valence-corrected chi connectivity index (χ2v) is 17.3. The Morgan fingerprint density at radius 1 is 0.922 bits per heavy atom. The fraction of sp³-hybridized carbons (Fsp3) is 0.378. The molecule has 2 unspecified atom stereocenters. The van der Waals surface area contributed by atoms with Crippen LogP contribution in [0.15, 0.2) is 46.2 Å². The Morgan fingerprint density at radius 3 is 2.10 bits per heavy atom. The van der Waals surface area contributed by atoms with E-state index in [4.69, 9.17) is 9.57 Å². The first-order chi connectivity index (χ1) is 23.1. The maximum absolute atomic E-state index is 13.2. The fourth-order valence-corrected chi connectivity index (χ4v) is 9.28. The standard InChI is InChI=1S/C36H35NO11S2.CH4/c1-17-13-21-25(35(17,3)4)15-23-29(19-7-9-20(10-8-19)34(40)48-37-27(38)11-12-28(37)39)24-16-26-22(14-18(2)36(26,5)6)33(50(44,45)46)31(24)47-30(23)32(21)49(41,42)43;/h7-10,13,15-18H,11-12,14H2,1-6H3,(H,41,42,43)(H,44,45,46);1H4/p-1. The Kier molecular flexibility index (Phi) is 8.26. The van der Waals surface area contributed by atoms with Crippen molar-refractivity contribution in [2.24, 2.45) is 11.8 Å². The molecule has 12 nitrogen and oxygen atoms in total. The van der Waals surface area contributed by atoms with Gasteiger partial charge < -0.3 is 14.1 Å². The SMILES string of the molecule is C.CC1C=c2c(cc3c(c2S(=O)(=O)[O-])Oc2c(cc4c(c2S(=O)(=O)O)CC(C)C4(C)C)C=3c2ccc(C(=O)ON3C(=O)CCC3=O)cc2)C1(C)C. The molecule has 2 amide bonds. The van der Waals surface area contributed by atoms with E-state index in [-0.39, 0.29) is 71.6 Å². The number of carbonyl (C=O) groups excluding carboxylic acids is 3. The van der Waals surface area contributed by atoms with Gasteiger partial charge in [0.1, 0.15) is 19.9 Å². The van der Waals surface area contributed by atoms with E-state index >= 15 is 0 Å². The molecule has 270 valence electrons. The molecule has 1 fully saturated rings. The number of amides is 2.